The van der Waals surface area contributed by atoms with Crippen LogP contribution in [0.1, 0.15) is 33.6 Å². The van der Waals surface area contributed by atoms with Gasteiger partial charge in [0.15, 0.2) is 5.78 Å². The zero-order valence-corrected chi connectivity index (χ0v) is 12.8. The first-order chi connectivity index (χ1) is 9.93. The Morgan fingerprint density at radius 2 is 1.95 bits per heavy atom. The van der Waals surface area contributed by atoms with E-state index in [1.165, 1.54) is 0 Å². The summed E-state index contributed by atoms with van der Waals surface area (Å²) in [5, 5.41) is 0. The lowest BCUT2D eigenvalue weighted by molar-refractivity contribution is -0.153. The van der Waals surface area contributed by atoms with E-state index in [0.29, 0.717) is 18.4 Å². The fourth-order valence-electron chi connectivity index (χ4n) is 2.45. The highest BCUT2D eigenvalue weighted by Crippen LogP contribution is 2.32. The number of ether oxygens (including phenoxy) is 2. The van der Waals surface area contributed by atoms with Gasteiger partial charge in [0.1, 0.15) is 0 Å². The quantitative estimate of drug-likeness (QED) is 0.555. The van der Waals surface area contributed by atoms with Crippen molar-refractivity contribution in [1.82, 2.24) is 0 Å². The van der Waals surface area contributed by atoms with Crippen molar-refractivity contribution < 1.29 is 23.9 Å². The summed E-state index contributed by atoms with van der Waals surface area (Å²) in [7, 11) is 0. The lowest BCUT2D eigenvalue weighted by Crippen LogP contribution is -2.36. The lowest BCUT2D eigenvalue weighted by atomic mass is 9.76. The Morgan fingerprint density at radius 1 is 1.33 bits per heavy atom. The highest BCUT2D eigenvalue weighted by molar-refractivity contribution is 6.03. The van der Waals surface area contributed by atoms with Crippen LogP contribution in [0, 0.1) is 11.8 Å². The van der Waals surface area contributed by atoms with Crippen LogP contribution in [0.3, 0.4) is 0 Å². The average Bonchev–Trinajstić information content (AvgIpc) is 2.44. The number of hydrogen-bond donors (Lipinski definition) is 0. The summed E-state index contributed by atoms with van der Waals surface area (Å²) in [6, 6.07) is 0. The number of rotatable bonds is 6. The topological polar surface area (TPSA) is 69.7 Å². The zero-order chi connectivity index (χ0) is 16.0. The summed E-state index contributed by atoms with van der Waals surface area (Å²) >= 11 is 0. The molecule has 0 aromatic carbocycles. The molecule has 1 aliphatic rings. The smallest absolute Gasteiger partial charge is 0.334 e. The van der Waals surface area contributed by atoms with Gasteiger partial charge >= 0.3 is 11.9 Å². The molecule has 0 N–H and O–H groups in total. The van der Waals surface area contributed by atoms with Crippen LogP contribution in [0.5, 0.6) is 0 Å². The average molecular weight is 294 g/mol. The van der Waals surface area contributed by atoms with Gasteiger partial charge in [-0.15, -0.1) is 0 Å². The van der Waals surface area contributed by atoms with E-state index in [4.69, 9.17) is 9.47 Å². The summed E-state index contributed by atoms with van der Waals surface area (Å²) in [6.07, 6.45) is 3.03. The molecule has 0 radical (unpaired) electrons. The van der Waals surface area contributed by atoms with Gasteiger partial charge in [0.25, 0.3) is 0 Å². The molecule has 2 atom stereocenters. The summed E-state index contributed by atoms with van der Waals surface area (Å²) in [5.74, 6) is -2.96. The molecule has 0 aromatic rings. The van der Waals surface area contributed by atoms with Gasteiger partial charge in [-0.05, 0) is 39.2 Å². The van der Waals surface area contributed by atoms with Crippen molar-refractivity contribution in [3.8, 4) is 0 Å². The van der Waals surface area contributed by atoms with Crippen molar-refractivity contribution >= 4 is 17.7 Å². The molecule has 0 spiro atoms. The Hall–Kier alpha value is -1.91. The minimum Gasteiger partial charge on any atom is -0.465 e. The van der Waals surface area contributed by atoms with Crippen LogP contribution in [0.2, 0.25) is 0 Å². The van der Waals surface area contributed by atoms with Crippen molar-refractivity contribution in [1.29, 1.82) is 0 Å². The Bertz CT molecular complexity index is 475. The fourth-order valence-corrected chi connectivity index (χ4v) is 2.45. The van der Waals surface area contributed by atoms with Gasteiger partial charge in [0, 0.05) is 11.5 Å². The third kappa shape index (κ3) is 4.03. The van der Waals surface area contributed by atoms with Crippen molar-refractivity contribution in [2.45, 2.75) is 33.6 Å². The molecule has 0 aromatic heterocycles. The molecule has 0 amide bonds. The van der Waals surface area contributed by atoms with Crippen molar-refractivity contribution in [3.63, 3.8) is 0 Å². The van der Waals surface area contributed by atoms with Gasteiger partial charge in [0.2, 0.25) is 0 Å². The Kier molecular flexibility index (Phi) is 6.34. The summed E-state index contributed by atoms with van der Waals surface area (Å²) < 4.78 is 9.90. The van der Waals surface area contributed by atoms with E-state index in [0.717, 1.165) is 0 Å². The molecule has 0 saturated heterocycles. The predicted octanol–water partition coefficient (Wildman–Crippen LogP) is 2.21. The van der Waals surface area contributed by atoms with E-state index < -0.39 is 23.8 Å². The first-order valence-corrected chi connectivity index (χ1v) is 7.17. The number of esters is 2. The van der Waals surface area contributed by atoms with E-state index in [1.807, 2.05) is 6.08 Å². The maximum Gasteiger partial charge on any atom is 0.334 e. The van der Waals surface area contributed by atoms with Crippen LogP contribution in [0.4, 0.5) is 0 Å². The molecule has 5 nitrogen and oxygen atoms in total. The van der Waals surface area contributed by atoms with E-state index in [2.05, 4.69) is 6.58 Å². The van der Waals surface area contributed by atoms with Crippen molar-refractivity contribution in [2.24, 2.45) is 11.8 Å². The molecule has 1 rings (SSSR count). The standard InChI is InChI=1S/C16H22O5/c1-5-20-15(18)11(4)13(16(19)21-6-2)12-9-7-8-10(3)14(12)17/h8,12-13H,4-7,9H2,1-3H3. The first kappa shape index (κ1) is 17.1. The van der Waals surface area contributed by atoms with Crippen molar-refractivity contribution in [2.75, 3.05) is 13.2 Å². The molecule has 0 bridgehead atoms. The fraction of sp³-hybridized carbons (Fsp3) is 0.562. The number of ketones is 1. The number of Topliss-reactive ketones (excluding diaryl/α,β-unsaturated/α-hetero) is 1. The third-order valence-electron chi connectivity index (χ3n) is 3.51. The molecule has 21 heavy (non-hydrogen) atoms. The summed E-state index contributed by atoms with van der Waals surface area (Å²) in [5.41, 5.74) is 0.598. The maximum absolute atomic E-state index is 12.3. The van der Waals surface area contributed by atoms with Crippen LogP contribution < -0.4 is 0 Å². The first-order valence-electron chi connectivity index (χ1n) is 7.17. The Labute approximate surface area is 125 Å². The zero-order valence-electron chi connectivity index (χ0n) is 12.8. The van der Waals surface area contributed by atoms with Gasteiger partial charge in [0.05, 0.1) is 19.1 Å². The van der Waals surface area contributed by atoms with E-state index >= 15 is 0 Å². The largest absolute Gasteiger partial charge is 0.465 e. The summed E-state index contributed by atoms with van der Waals surface area (Å²) in [6.45, 7) is 9.09. The number of carbonyl (C=O) groups excluding carboxylic acids is 3. The minimum absolute atomic E-state index is 0.0108. The predicted molar refractivity (Wildman–Crippen MR) is 77.4 cm³/mol. The molecular formula is C16H22O5. The van der Waals surface area contributed by atoms with Gasteiger partial charge in [-0.25, -0.2) is 4.79 Å². The van der Waals surface area contributed by atoms with E-state index in [9.17, 15) is 14.4 Å². The monoisotopic (exact) mass is 294 g/mol. The van der Waals surface area contributed by atoms with E-state index in [1.54, 1.807) is 20.8 Å². The highest BCUT2D eigenvalue weighted by atomic mass is 16.5. The second-order valence-electron chi connectivity index (χ2n) is 4.91. The van der Waals surface area contributed by atoms with E-state index in [-0.39, 0.29) is 24.6 Å². The normalized spacial score (nSPS) is 19.5. The van der Waals surface area contributed by atoms with Crippen LogP contribution >= 0.6 is 0 Å². The van der Waals surface area contributed by atoms with Crippen molar-refractivity contribution in [3.05, 3.63) is 23.8 Å². The second kappa shape index (κ2) is 7.76. The highest BCUT2D eigenvalue weighted by Gasteiger charge is 2.40. The summed E-state index contributed by atoms with van der Waals surface area (Å²) in [4.78, 5) is 36.3. The van der Waals surface area contributed by atoms with Gasteiger partial charge in [-0.1, -0.05) is 12.7 Å². The molecule has 0 aliphatic heterocycles. The van der Waals surface area contributed by atoms with Crippen LogP contribution in [0.15, 0.2) is 23.8 Å². The lowest BCUT2D eigenvalue weighted by Gasteiger charge is -2.27. The number of allylic oxidation sites excluding steroid dienone is 2. The van der Waals surface area contributed by atoms with Crippen LogP contribution in [0.25, 0.3) is 0 Å². The molecular weight excluding hydrogens is 272 g/mol. The molecule has 1 aliphatic carbocycles. The number of carbonyl (C=O) groups is 3. The van der Waals surface area contributed by atoms with Crippen LogP contribution in [-0.2, 0) is 23.9 Å². The number of hydrogen-bond acceptors (Lipinski definition) is 5. The molecule has 116 valence electrons. The van der Waals surface area contributed by atoms with Gasteiger partial charge in [-0.2, -0.15) is 0 Å². The molecule has 2 unspecified atom stereocenters. The second-order valence-corrected chi connectivity index (χ2v) is 4.91. The Morgan fingerprint density at radius 3 is 2.52 bits per heavy atom. The SMILES string of the molecule is C=C(C(=O)OCC)C(C(=O)OCC)C1CCC=C(C)C1=O. The maximum atomic E-state index is 12.3. The molecule has 5 heteroatoms. The molecule has 0 saturated carbocycles. The van der Waals surface area contributed by atoms with Gasteiger partial charge < -0.3 is 9.47 Å². The minimum atomic E-state index is -0.972. The van der Waals surface area contributed by atoms with Crippen LogP contribution in [-0.4, -0.2) is 30.9 Å². The Balaban J connectivity index is 3.05. The molecule has 0 heterocycles. The third-order valence-corrected chi connectivity index (χ3v) is 3.51. The molecule has 0 fully saturated rings. The van der Waals surface area contributed by atoms with Gasteiger partial charge in [-0.3, -0.25) is 9.59 Å².